The topological polar surface area (TPSA) is 52.1 Å². The maximum absolute atomic E-state index is 12.1. The van der Waals surface area contributed by atoms with Crippen molar-refractivity contribution in [3.8, 4) is 5.88 Å². The molecule has 0 spiro atoms. The van der Waals surface area contributed by atoms with Crippen LogP contribution in [0.5, 0.6) is 5.88 Å². The zero-order valence-corrected chi connectivity index (χ0v) is 12.9. The minimum Gasteiger partial charge on any atom is -0.469 e. The summed E-state index contributed by atoms with van der Waals surface area (Å²) in [6.07, 6.45) is 1.41. The number of hydrogen-bond acceptors (Lipinski definition) is 5. The molecule has 21 heavy (non-hydrogen) atoms. The van der Waals surface area contributed by atoms with Gasteiger partial charge in [0, 0.05) is 5.56 Å². The molecular formula is C14H8Cl2N2O2S. The molecular weight excluding hydrogens is 331 g/mol. The van der Waals surface area contributed by atoms with Crippen LogP contribution in [0.2, 0.25) is 10.0 Å². The Morgan fingerprint density at radius 2 is 2.05 bits per heavy atom. The Morgan fingerprint density at radius 1 is 1.19 bits per heavy atom. The van der Waals surface area contributed by atoms with Gasteiger partial charge in [0.05, 0.1) is 15.4 Å². The average molecular weight is 339 g/mol. The summed E-state index contributed by atoms with van der Waals surface area (Å²) >= 11 is 13.2. The Kier molecular flexibility index (Phi) is 4.05. The van der Waals surface area contributed by atoms with Crippen molar-refractivity contribution in [3.05, 3.63) is 51.6 Å². The first-order valence-corrected chi connectivity index (χ1v) is 7.58. The number of benzene rings is 1. The van der Waals surface area contributed by atoms with Gasteiger partial charge in [-0.25, -0.2) is 9.97 Å². The number of ether oxygens (including phenoxy) is 1. The predicted octanol–water partition coefficient (Wildman–Crippen LogP) is 4.26. The van der Waals surface area contributed by atoms with E-state index >= 15 is 0 Å². The molecule has 1 aromatic carbocycles. The Hall–Kier alpha value is -1.69. The Balaban J connectivity index is 1.76. The van der Waals surface area contributed by atoms with Crippen LogP contribution in [0.1, 0.15) is 10.4 Å². The standard InChI is InChI=1S/C14H8Cl2N2O2S/c15-10-2-1-8(5-11(10)16)12(19)6-20-13-9-3-4-21-14(9)18-7-17-13/h1-5,7H,6H2. The molecule has 4 nitrogen and oxygen atoms in total. The molecule has 2 heterocycles. The first-order chi connectivity index (χ1) is 10.1. The molecule has 7 heteroatoms. The maximum atomic E-state index is 12.1. The van der Waals surface area contributed by atoms with E-state index in [1.54, 1.807) is 12.1 Å². The highest BCUT2D eigenvalue weighted by Crippen LogP contribution is 2.26. The van der Waals surface area contributed by atoms with Crippen molar-refractivity contribution in [1.29, 1.82) is 0 Å². The van der Waals surface area contributed by atoms with E-state index in [1.165, 1.54) is 23.7 Å². The molecule has 0 fully saturated rings. The summed E-state index contributed by atoms with van der Waals surface area (Å²) in [5.74, 6) is 0.199. The van der Waals surface area contributed by atoms with Crippen LogP contribution in [-0.4, -0.2) is 22.4 Å². The van der Waals surface area contributed by atoms with Gasteiger partial charge in [-0.05, 0) is 29.6 Å². The summed E-state index contributed by atoms with van der Waals surface area (Å²) in [5.41, 5.74) is 0.444. The van der Waals surface area contributed by atoms with Crippen LogP contribution in [0.4, 0.5) is 0 Å². The van der Waals surface area contributed by atoms with Crippen molar-refractivity contribution in [2.45, 2.75) is 0 Å². The fraction of sp³-hybridized carbons (Fsp3) is 0.0714. The molecule has 0 aliphatic rings. The number of nitrogens with zero attached hydrogens (tertiary/aromatic N) is 2. The minimum atomic E-state index is -0.199. The lowest BCUT2D eigenvalue weighted by atomic mass is 10.1. The summed E-state index contributed by atoms with van der Waals surface area (Å²) in [5, 5.41) is 3.44. The van der Waals surface area contributed by atoms with Gasteiger partial charge in [-0.3, -0.25) is 4.79 Å². The maximum Gasteiger partial charge on any atom is 0.225 e. The van der Waals surface area contributed by atoms with Gasteiger partial charge in [0.1, 0.15) is 11.2 Å². The van der Waals surface area contributed by atoms with E-state index in [0.29, 0.717) is 21.5 Å². The molecule has 0 saturated carbocycles. The van der Waals surface area contributed by atoms with E-state index in [-0.39, 0.29) is 12.4 Å². The lowest BCUT2D eigenvalue weighted by molar-refractivity contribution is 0.0919. The molecule has 106 valence electrons. The van der Waals surface area contributed by atoms with Gasteiger partial charge in [-0.2, -0.15) is 0 Å². The quantitative estimate of drug-likeness (QED) is 0.667. The highest BCUT2D eigenvalue weighted by Gasteiger charge is 2.11. The van der Waals surface area contributed by atoms with Gasteiger partial charge in [-0.15, -0.1) is 11.3 Å². The summed E-state index contributed by atoms with van der Waals surface area (Å²) in [6, 6.07) is 6.58. The molecule has 0 saturated heterocycles. The van der Waals surface area contributed by atoms with Crippen LogP contribution in [0.3, 0.4) is 0 Å². The Bertz CT molecular complexity index is 820. The summed E-state index contributed by atoms with van der Waals surface area (Å²) in [6.45, 7) is -0.125. The Morgan fingerprint density at radius 3 is 2.86 bits per heavy atom. The van der Waals surface area contributed by atoms with Crippen molar-refractivity contribution < 1.29 is 9.53 Å². The van der Waals surface area contributed by atoms with Gasteiger partial charge in [0.15, 0.2) is 12.4 Å². The van der Waals surface area contributed by atoms with Crippen LogP contribution < -0.4 is 4.74 Å². The van der Waals surface area contributed by atoms with Gasteiger partial charge < -0.3 is 4.74 Å². The number of carbonyl (C=O) groups is 1. The van der Waals surface area contributed by atoms with Crippen LogP contribution in [0.25, 0.3) is 10.2 Å². The van der Waals surface area contributed by atoms with Gasteiger partial charge in [0.2, 0.25) is 5.88 Å². The SMILES string of the molecule is O=C(COc1ncnc2sccc12)c1ccc(Cl)c(Cl)c1. The van der Waals surface area contributed by atoms with Crippen LogP contribution in [-0.2, 0) is 0 Å². The largest absolute Gasteiger partial charge is 0.469 e. The van der Waals surface area contributed by atoms with Gasteiger partial charge >= 0.3 is 0 Å². The number of carbonyl (C=O) groups excluding carboxylic acids is 1. The minimum absolute atomic E-state index is 0.125. The first kappa shape index (κ1) is 14.3. The molecule has 3 aromatic rings. The third-order valence-electron chi connectivity index (χ3n) is 2.81. The summed E-state index contributed by atoms with van der Waals surface area (Å²) in [7, 11) is 0. The molecule has 0 unspecified atom stereocenters. The Labute approximate surface area is 134 Å². The molecule has 0 amide bonds. The number of hydrogen-bond donors (Lipinski definition) is 0. The molecule has 2 aromatic heterocycles. The molecule has 0 atom stereocenters. The van der Waals surface area contributed by atoms with E-state index in [4.69, 9.17) is 27.9 Å². The third kappa shape index (κ3) is 3.00. The fourth-order valence-corrected chi connectivity index (χ4v) is 2.79. The highest BCUT2D eigenvalue weighted by atomic mass is 35.5. The van der Waals surface area contributed by atoms with Crippen molar-refractivity contribution >= 4 is 50.5 Å². The van der Waals surface area contributed by atoms with Crippen LogP contribution in [0.15, 0.2) is 36.0 Å². The molecule has 0 radical (unpaired) electrons. The van der Waals surface area contributed by atoms with Crippen LogP contribution >= 0.6 is 34.5 Å². The van der Waals surface area contributed by atoms with E-state index in [0.717, 1.165) is 10.2 Å². The van der Waals surface area contributed by atoms with Gasteiger partial charge in [0.25, 0.3) is 0 Å². The second-order valence-corrected chi connectivity index (χ2v) is 5.87. The second kappa shape index (κ2) is 5.97. The number of aromatic nitrogens is 2. The molecule has 0 aliphatic heterocycles. The number of thiophene rings is 1. The highest BCUT2D eigenvalue weighted by molar-refractivity contribution is 7.16. The molecule has 3 rings (SSSR count). The number of halogens is 2. The molecule has 0 bridgehead atoms. The van der Waals surface area contributed by atoms with Crippen molar-refractivity contribution in [2.75, 3.05) is 6.61 Å². The summed E-state index contributed by atoms with van der Waals surface area (Å²) in [4.78, 5) is 21.1. The van der Waals surface area contributed by atoms with E-state index in [9.17, 15) is 4.79 Å². The lowest BCUT2D eigenvalue weighted by Gasteiger charge is -2.06. The number of Topliss-reactive ketones (excluding diaryl/α,β-unsaturated/α-hetero) is 1. The van der Waals surface area contributed by atoms with E-state index < -0.39 is 0 Å². The predicted molar refractivity (Wildman–Crippen MR) is 83.7 cm³/mol. The summed E-state index contributed by atoms with van der Waals surface area (Å²) < 4.78 is 5.49. The first-order valence-electron chi connectivity index (χ1n) is 5.94. The smallest absolute Gasteiger partial charge is 0.225 e. The number of fused-ring (bicyclic) bond motifs is 1. The average Bonchev–Trinajstić information content (AvgIpc) is 2.96. The zero-order valence-electron chi connectivity index (χ0n) is 10.5. The molecule has 0 aliphatic carbocycles. The van der Waals surface area contributed by atoms with Crippen molar-refractivity contribution in [2.24, 2.45) is 0 Å². The lowest BCUT2D eigenvalue weighted by Crippen LogP contribution is -2.12. The zero-order chi connectivity index (χ0) is 14.8. The second-order valence-electron chi connectivity index (χ2n) is 4.16. The number of ketones is 1. The monoisotopic (exact) mass is 338 g/mol. The van der Waals surface area contributed by atoms with Crippen molar-refractivity contribution in [3.63, 3.8) is 0 Å². The fourth-order valence-electron chi connectivity index (χ4n) is 1.77. The normalized spacial score (nSPS) is 10.8. The molecule has 0 N–H and O–H groups in total. The van der Waals surface area contributed by atoms with Crippen LogP contribution in [0, 0.1) is 0 Å². The van der Waals surface area contributed by atoms with Gasteiger partial charge in [-0.1, -0.05) is 23.2 Å². The number of rotatable bonds is 4. The van der Waals surface area contributed by atoms with E-state index in [1.807, 2.05) is 11.4 Å². The van der Waals surface area contributed by atoms with Crippen molar-refractivity contribution in [1.82, 2.24) is 9.97 Å². The van der Waals surface area contributed by atoms with E-state index in [2.05, 4.69) is 9.97 Å². The third-order valence-corrected chi connectivity index (χ3v) is 4.37.